The van der Waals surface area contributed by atoms with Crippen molar-refractivity contribution in [3.63, 3.8) is 0 Å². The zero-order valence-electron chi connectivity index (χ0n) is 13.2. The van der Waals surface area contributed by atoms with Gasteiger partial charge in [0.15, 0.2) is 0 Å². The zero-order valence-corrected chi connectivity index (χ0v) is 13.2. The molecule has 2 atom stereocenters. The molecule has 4 rings (SSSR count). The summed E-state index contributed by atoms with van der Waals surface area (Å²) >= 11 is 0. The highest BCUT2D eigenvalue weighted by atomic mass is 16.5. The van der Waals surface area contributed by atoms with Gasteiger partial charge in [0.1, 0.15) is 6.73 Å². The molecule has 0 saturated heterocycles. The summed E-state index contributed by atoms with van der Waals surface area (Å²) in [6, 6.07) is 8.72. The number of aromatic nitrogens is 1. The molecule has 0 N–H and O–H groups in total. The lowest BCUT2D eigenvalue weighted by Crippen LogP contribution is -2.23. The third-order valence-corrected chi connectivity index (χ3v) is 4.92. The van der Waals surface area contributed by atoms with Crippen LogP contribution < -0.4 is 0 Å². The van der Waals surface area contributed by atoms with Crippen LogP contribution in [0.1, 0.15) is 24.1 Å². The van der Waals surface area contributed by atoms with E-state index in [0.717, 1.165) is 19.6 Å². The zero-order chi connectivity index (χ0) is 15.1. The van der Waals surface area contributed by atoms with Gasteiger partial charge in [0.2, 0.25) is 0 Å². The van der Waals surface area contributed by atoms with Crippen molar-refractivity contribution in [1.82, 2.24) is 9.47 Å². The second kappa shape index (κ2) is 5.41. The molecular formula is C19H22N2O. The molecule has 3 heterocycles. The van der Waals surface area contributed by atoms with E-state index in [1.807, 2.05) is 0 Å². The largest absolute Gasteiger partial charge is 0.364 e. The summed E-state index contributed by atoms with van der Waals surface area (Å²) in [5.74, 6) is 0.370. The van der Waals surface area contributed by atoms with Gasteiger partial charge in [-0.2, -0.15) is 0 Å². The van der Waals surface area contributed by atoms with Gasteiger partial charge in [-0.05, 0) is 24.1 Å². The van der Waals surface area contributed by atoms with Gasteiger partial charge in [-0.3, -0.25) is 4.90 Å². The SMILES string of the molecule is C/C=C1\CN2CC=CC1c1c(c3ccccc3n1COC)C2. The number of para-hydroxylation sites is 1. The molecule has 2 aliphatic heterocycles. The Kier molecular flexibility index (Phi) is 3.40. The van der Waals surface area contributed by atoms with Crippen LogP contribution in [0.4, 0.5) is 0 Å². The summed E-state index contributed by atoms with van der Waals surface area (Å²) in [6.45, 7) is 5.89. The van der Waals surface area contributed by atoms with Crippen molar-refractivity contribution in [2.75, 3.05) is 20.2 Å². The van der Waals surface area contributed by atoms with Crippen molar-refractivity contribution in [2.24, 2.45) is 0 Å². The lowest BCUT2D eigenvalue weighted by Gasteiger charge is -2.18. The third-order valence-electron chi connectivity index (χ3n) is 4.92. The molecular weight excluding hydrogens is 272 g/mol. The molecule has 2 bridgehead atoms. The van der Waals surface area contributed by atoms with Gasteiger partial charge >= 0.3 is 0 Å². The van der Waals surface area contributed by atoms with Crippen LogP contribution in [0.2, 0.25) is 0 Å². The van der Waals surface area contributed by atoms with Crippen LogP contribution in [-0.4, -0.2) is 29.7 Å². The lowest BCUT2D eigenvalue weighted by atomic mass is 9.93. The summed E-state index contributed by atoms with van der Waals surface area (Å²) in [7, 11) is 1.78. The van der Waals surface area contributed by atoms with E-state index in [9.17, 15) is 0 Å². The molecule has 22 heavy (non-hydrogen) atoms. The summed E-state index contributed by atoms with van der Waals surface area (Å²) in [5.41, 5.74) is 5.66. The Morgan fingerprint density at radius 3 is 2.95 bits per heavy atom. The number of fused-ring (bicyclic) bond motifs is 7. The molecule has 0 aliphatic carbocycles. The Balaban J connectivity index is 2.05. The van der Waals surface area contributed by atoms with Crippen LogP contribution in [0.3, 0.4) is 0 Å². The quantitative estimate of drug-likeness (QED) is 0.786. The van der Waals surface area contributed by atoms with Crippen molar-refractivity contribution >= 4 is 10.9 Å². The van der Waals surface area contributed by atoms with Crippen molar-refractivity contribution in [2.45, 2.75) is 26.1 Å². The summed E-state index contributed by atoms with van der Waals surface area (Å²) < 4.78 is 7.87. The van der Waals surface area contributed by atoms with Gasteiger partial charge in [0, 0.05) is 43.7 Å². The number of benzene rings is 1. The molecule has 0 saturated carbocycles. The molecule has 0 spiro atoms. The molecule has 1 aromatic heterocycles. The topological polar surface area (TPSA) is 17.4 Å². The first-order valence-electron chi connectivity index (χ1n) is 7.96. The van der Waals surface area contributed by atoms with Crippen molar-refractivity contribution in [3.05, 3.63) is 59.3 Å². The number of allylic oxidation sites excluding steroid dienone is 2. The van der Waals surface area contributed by atoms with E-state index in [-0.39, 0.29) is 0 Å². The molecule has 2 aromatic rings. The van der Waals surface area contributed by atoms with Crippen LogP contribution in [0.5, 0.6) is 0 Å². The second-order valence-electron chi connectivity index (χ2n) is 6.17. The Morgan fingerprint density at radius 1 is 1.27 bits per heavy atom. The van der Waals surface area contributed by atoms with E-state index in [4.69, 9.17) is 4.74 Å². The highest BCUT2D eigenvalue weighted by molar-refractivity contribution is 5.86. The van der Waals surface area contributed by atoms with Crippen molar-refractivity contribution in [1.29, 1.82) is 0 Å². The second-order valence-corrected chi connectivity index (χ2v) is 6.17. The van der Waals surface area contributed by atoms with Crippen LogP contribution in [0.25, 0.3) is 10.9 Å². The summed E-state index contributed by atoms with van der Waals surface area (Å²) in [6.07, 6.45) is 6.98. The standard InChI is InChI=1S/C19H22N2O/c1-3-14-11-20-10-6-8-15(14)19-17(12-20)16-7-4-5-9-18(16)21(19)13-22-2/h3-9,15H,10-13H2,1-2H3/b14-3+. The van der Waals surface area contributed by atoms with Crippen LogP contribution in [0, 0.1) is 0 Å². The summed E-state index contributed by atoms with van der Waals surface area (Å²) in [4.78, 5) is 2.53. The van der Waals surface area contributed by atoms with Crippen LogP contribution >= 0.6 is 0 Å². The van der Waals surface area contributed by atoms with E-state index in [2.05, 4.69) is 58.9 Å². The monoisotopic (exact) mass is 294 g/mol. The minimum absolute atomic E-state index is 0.370. The molecule has 2 aliphatic rings. The summed E-state index contributed by atoms with van der Waals surface area (Å²) in [5, 5.41) is 1.37. The van der Waals surface area contributed by atoms with E-state index >= 15 is 0 Å². The van der Waals surface area contributed by atoms with Gasteiger partial charge in [-0.25, -0.2) is 0 Å². The molecule has 1 aromatic carbocycles. The van der Waals surface area contributed by atoms with E-state index < -0.39 is 0 Å². The van der Waals surface area contributed by atoms with Gasteiger partial charge in [-0.15, -0.1) is 0 Å². The third kappa shape index (κ3) is 1.97. The van der Waals surface area contributed by atoms with Gasteiger partial charge in [0.25, 0.3) is 0 Å². The first-order chi connectivity index (χ1) is 10.8. The van der Waals surface area contributed by atoms with Crippen molar-refractivity contribution < 1.29 is 4.74 Å². The average molecular weight is 294 g/mol. The van der Waals surface area contributed by atoms with Crippen molar-refractivity contribution in [3.8, 4) is 0 Å². The smallest absolute Gasteiger partial charge is 0.122 e. The minimum atomic E-state index is 0.370. The fourth-order valence-electron chi connectivity index (χ4n) is 3.96. The number of hydrogen-bond acceptors (Lipinski definition) is 2. The molecule has 2 unspecified atom stereocenters. The maximum Gasteiger partial charge on any atom is 0.122 e. The maximum absolute atomic E-state index is 5.51. The first kappa shape index (κ1) is 13.8. The fourth-order valence-corrected chi connectivity index (χ4v) is 3.96. The Hall–Kier alpha value is -1.84. The number of nitrogens with zero attached hydrogens (tertiary/aromatic N) is 2. The number of ether oxygens (including phenoxy) is 1. The Bertz CT molecular complexity index is 769. The van der Waals surface area contributed by atoms with E-state index in [1.54, 1.807) is 7.11 Å². The fraction of sp³-hybridized carbons (Fsp3) is 0.368. The molecule has 3 heteroatoms. The van der Waals surface area contributed by atoms with Gasteiger partial charge in [-0.1, -0.05) is 36.4 Å². The number of methoxy groups -OCH3 is 1. The minimum Gasteiger partial charge on any atom is -0.364 e. The average Bonchev–Trinajstić information content (AvgIpc) is 2.69. The maximum atomic E-state index is 5.51. The number of hydrogen-bond donors (Lipinski definition) is 0. The predicted octanol–water partition coefficient (Wildman–Crippen LogP) is 3.66. The Morgan fingerprint density at radius 2 is 2.14 bits per heavy atom. The highest BCUT2D eigenvalue weighted by Crippen LogP contribution is 2.40. The van der Waals surface area contributed by atoms with Crippen LogP contribution in [0.15, 0.2) is 48.1 Å². The molecule has 0 fully saturated rings. The van der Waals surface area contributed by atoms with Gasteiger partial charge in [0.05, 0.1) is 5.52 Å². The van der Waals surface area contributed by atoms with E-state index in [0.29, 0.717) is 12.6 Å². The van der Waals surface area contributed by atoms with E-state index in [1.165, 1.54) is 27.7 Å². The number of rotatable bonds is 2. The molecule has 0 radical (unpaired) electrons. The lowest BCUT2D eigenvalue weighted by molar-refractivity contribution is 0.132. The highest BCUT2D eigenvalue weighted by Gasteiger charge is 2.31. The first-order valence-corrected chi connectivity index (χ1v) is 7.96. The normalized spacial score (nSPS) is 25.5. The molecule has 0 amide bonds. The molecule has 114 valence electrons. The Labute approximate surface area is 131 Å². The molecule has 3 nitrogen and oxygen atoms in total. The predicted molar refractivity (Wildman–Crippen MR) is 89.9 cm³/mol. The van der Waals surface area contributed by atoms with Gasteiger partial charge < -0.3 is 9.30 Å². The van der Waals surface area contributed by atoms with Crippen LogP contribution in [-0.2, 0) is 18.0 Å².